The Morgan fingerprint density at radius 1 is 1.12 bits per heavy atom. The Morgan fingerprint density at radius 3 is 2.58 bits per heavy atom. The molecule has 134 valence electrons. The van der Waals surface area contributed by atoms with Crippen LogP contribution in [0.15, 0.2) is 48.8 Å². The van der Waals surface area contributed by atoms with Crippen molar-refractivity contribution >= 4 is 29.1 Å². The van der Waals surface area contributed by atoms with Gasteiger partial charge in [-0.1, -0.05) is 17.7 Å². The van der Waals surface area contributed by atoms with Crippen molar-refractivity contribution < 1.29 is 5.11 Å². The summed E-state index contributed by atoms with van der Waals surface area (Å²) < 4.78 is 0. The first-order chi connectivity index (χ1) is 12.5. The Labute approximate surface area is 157 Å². The van der Waals surface area contributed by atoms with Crippen LogP contribution >= 0.6 is 11.6 Å². The Morgan fingerprint density at radius 2 is 1.88 bits per heavy atom. The number of benzene rings is 1. The smallest absolute Gasteiger partial charge is 0.225 e. The van der Waals surface area contributed by atoms with Crippen LogP contribution in [0.1, 0.15) is 12.5 Å². The third-order valence-corrected chi connectivity index (χ3v) is 4.05. The number of rotatable bonds is 6. The fourth-order valence-electron chi connectivity index (χ4n) is 2.37. The van der Waals surface area contributed by atoms with Gasteiger partial charge in [0.2, 0.25) is 5.95 Å². The maximum absolute atomic E-state index is 9.29. The van der Waals surface area contributed by atoms with Crippen molar-refractivity contribution in [3.05, 3.63) is 59.4 Å². The Hall–Kier alpha value is -2.70. The van der Waals surface area contributed by atoms with Gasteiger partial charge in [0.1, 0.15) is 5.82 Å². The molecule has 0 aliphatic rings. The molecular formula is C19H20ClN5O. The molecule has 0 bridgehead atoms. The number of hydrogen-bond donors (Lipinski definition) is 3. The highest BCUT2D eigenvalue weighted by atomic mass is 35.5. The van der Waals surface area contributed by atoms with Crippen LogP contribution in [0.2, 0.25) is 5.02 Å². The SMILES string of the molecule is Cc1ccc(Nc2cc(-c3ccncc3)nc(N[C@H](C)CO)n2)c(Cl)c1. The summed E-state index contributed by atoms with van der Waals surface area (Å²) in [5.74, 6) is 1.02. The summed E-state index contributed by atoms with van der Waals surface area (Å²) >= 11 is 6.32. The quantitative estimate of drug-likeness (QED) is 0.608. The molecule has 0 aliphatic heterocycles. The summed E-state index contributed by atoms with van der Waals surface area (Å²) in [7, 11) is 0. The van der Waals surface area contributed by atoms with Gasteiger partial charge in [-0.25, -0.2) is 4.98 Å². The standard InChI is InChI=1S/C19H20ClN5O/c1-12-3-4-16(15(20)9-12)23-18-10-17(14-5-7-21-8-6-14)24-19(25-18)22-13(2)11-26/h3-10,13,26H,11H2,1-2H3,(H2,22,23,24,25)/t13-/m1/s1. The summed E-state index contributed by atoms with van der Waals surface area (Å²) in [6.07, 6.45) is 3.43. The predicted molar refractivity (Wildman–Crippen MR) is 105 cm³/mol. The second-order valence-electron chi connectivity index (χ2n) is 6.03. The van der Waals surface area contributed by atoms with Crippen LogP contribution < -0.4 is 10.6 Å². The minimum absolute atomic E-state index is 0.0185. The molecule has 0 spiro atoms. The summed E-state index contributed by atoms with van der Waals surface area (Å²) in [5.41, 5.74) is 3.50. The third-order valence-electron chi connectivity index (χ3n) is 3.74. The number of pyridine rings is 1. The zero-order valence-corrected chi connectivity index (χ0v) is 15.3. The van der Waals surface area contributed by atoms with Gasteiger partial charge in [-0.2, -0.15) is 4.98 Å². The molecule has 6 nitrogen and oxygen atoms in total. The van der Waals surface area contributed by atoms with E-state index in [1.807, 2.05) is 50.2 Å². The first-order valence-corrected chi connectivity index (χ1v) is 8.63. The Bertz CT molecular complexity index is 888. The molecule has 2 aromatic heterocycles. The average molecular weight is 370 g/mol. The number of nitrogens with one attached hydrogen (secondary N) is 2. The van der Waals surface area contributed by atoms with Gasteiger partial charge in [-0.15, -0.1) is 0 Å². The van der Waals surface area contributed by atoms with E-state index in [4.69, 9.17) is 11.6 Å². The zero-order valence-electron chi connectivity index (χ0n) is 14.6. The zero-order chi connectivity index (χ0) is 18.5. The molecule has 0 fully saturated rings. The first kappa shape index (κ1) is 18.1. The minimum atomic E-state index is -0.168. The number of aliphatic hydroxyl groups is 1. The van der Waals surface area contributed by atoms with E-state index in [-0.39, 0.29) is 12.6 Å². The van der Waals surface area contributed by atoms with E-state index in [9.17, 15) is 5.11 Å². The van der Waals surface area contributed by atoms with Crippen LogP contribution in [-0.2, 0) is 0 Å². The highest BCUT2D eigenvalue weighted by Gasteiger charge is 2.10. The van der Waals surface area contributed by atoms with Gasteiger partial charge in [-0.3, -0.25) is 4.98 Å². The van der Waals surface area contributed by atoms with Crippen molar-refractivity contribution in [3.8, 4) is 11.3 Å². The van der Waals surface area contributed by atoms with E-state index < -0.39 is 0 Å². The maximum Gasteiger partial charge on any atom is 0.225 e. The lowest BCUT2D eigenvalue weighted by atomic mass is 10.2. The van der Waals surface area contributed by atoms with E-state index in [0.29, 0.717) is 16.8 Å². The molecule has 0 radical (unpaired) electrons. The van der Waals surface area contributed by atoms with Crippen molar-refractivity contribution in [2.24, 2.45) is 0 Å². The van der Waals surface area contributed by atoms with Crippen LogP contribution in [0, 0.1) is 6.92 Å². The molecule has 3 rings (SSSR count). The predicted octanol–water partition coefficient (Wildman–Crippen LogP) is 4.04. The van der Waals surface area contributed by atoms with Crippen molar-refractivity contribution in [1.29, 1.82) is 0 Å². The van der Waals surface area contributed by atoms with Crippen molar-refractivity contribution in [2.75, 3.05) is 17.2 Å². The fraction of sp³-hybridized carbons (Fsp3) is 0.211. The van der Waals surface area contributed by atoms with Crippen molar-refractivity contribution in [3.63, 3.8) is 0 Å². The molecule has 3 aromatic rings. The molecule has 7 heteroatoms. The highest BCUT2D eigenvalue weighted by molar-refractivity contribution is 6.33. The molecule has 0 unspecified atom stereocenters. The number of aryl methyl sites for hydroxylation is 1. The molecule has 0 saturated carbocycles. The van der Waals surface area contributed by atoms with Crippen LogP contribution in [-0.4, -0.2) is 32.7 Å². The summed E-state index contributed by atoms with van der Waals surface area (Å²) in [6, 6.07) is 11.2. The van der Waals surface area contributed by atoms with Gasteiger partial charge < -0.3 is 15.7 Å². The van der Waals surface area contributed by atoms with Gasteiger partial charge in [-0.05, 0) is 43.7 Å². The molecule has 0 saturated heterocycles. The van der Waals surface area contributed by atoms with Gasteiger partial charge >= 0.3 is 0 Å². The average Bonchev–Trinajstić information content (AvgIpc) is 2.64. The van der Waals surface area contributed by atoms with E-state index in [1.54, 1.807) is 12.4 Å². The first-order valence-electron chi connectivity index (χ1n) is 8.25. The molecule has 0 aliphatic carbocycles. The molecule has 1 aromatic carbocycles. The summed E-state index contributed by atoms with van der Waals surface area (Å²) in [5, 5.41) is 16.2. The topological polar surface area (TPSA) is 83.0 Å². The van der Waals surface area contributed by atoms with Gasteiger partial charge in [0.25, 0.3) is 0 Å². The number of aromatic nitrogens is 3. The van der Waals surface area contributed by atoms with Crippen LogP contribution in [0.3, 0.4) is 0 Å². The molecule has 26 heavy (non-hydrogen) atoms. The van der Waals surface area contributed by atoms with E-state index in [2.05, 4.69) is 25.6 Å². The number of anilines is 3. The molecule has 0 amide bonds. The lowest BCUT2D eigenvalue weighted by molar-refractivity contribution is 0.281. The molecule has 1 atom stereocenters. The Balaban J connectivity index is 1.98. The normalized spacial score (nSPS) is 11.8. The monoisotopic (exact) mass is 369 g/mol. The fourth-order valence-corrected chi connectivity index (χ4v) is 2.65. The van der Waals surface area contributed by atoms with Crippen LogP contribution in [0.25, 0.3) is 11.3 Å². The van der Waals surface area contributed by atoms with Gasteiger partial charge in [0.15, 0.2) is 0 Å². The Kier molecular flexibility index (Phi) is 5.65. The molecule has 2 heterocycles. The van der Waals surface area contributed by atoms with Gasteiger partial charge in [0.05, 0.1) is 23.0 Å². The second-order valence-corrected chi connectivity index (χ2v) is 6.44. The largest absolute Gasteiger partial charge is 0.394 e. The van der Waals surface area contributed by atoms with Crippen molar-refractivity contribution in [1.82, 2.24) is 15.0 Å². The van der Waals surface area contributed by atoms with E-state index in [0.717, 1.165) is 22.5 Å². The van der Waals surface area contributed by atoms with E-state index in [1.165, 1.54) is 0 Å². The number of aliphatic hydroxyl groups excluding tert-OH is 1. The van der Waals surface area contributed by atoms with Crippen molar-refractivity contribution in [2.45, 2.75) is 19.9 Å². The summed E-state index contributed by atoms with van der Waals surface area (Å²) in [4.78, 5) is 13.1. The van der Waals surface area contributed by atoms with Crippen LogP contribution in [0.5, 0.6) is 0 Å². The lowest BCUT2D eigenvalue weighted by Gasteiger charge is -2.15. The maximum atomic E-state index is 9.29. The highest BCUT2D eigenvalue weighted by Crippen LogP contribution is 2.28. The number of halogens is 1. The number of hydrogen-bond acceptors (Lipinski definition) is 6. The second kappa shape index (κ2) is 8.12. The molecule has 3 N–H and O–H groups in total. The van der Waals surface area contributed by atoms with Crippen LogP contribution in [0.4, 0.5) is 17.5 Å². The minimum Gasteiger partial charge on any atom is -0.394 e. The third kappa shape index (κ3) is 4.47. The number of nitrogens with zero attached hydrogens (tertiary/aromatic N) is 3. The van der Waals surface area contributed by atoms with Gasteiger partial charge in [0, 0.05) is 30.1 Å². The van der Waals surface area contributed by atoms with E-state index >= 15 is 0 Å². The summed E-state index contributed by atoms with van der Waals surface area (Å²) in [6.45, 7) is 3.82. The lowest BCUT2D eigenvalue weighted by Crippen LogP contribution is -2.21. The molecular weight excluding hydrogens is 350 g/mol.